The monoisotopic (exact) mass is 2060 g/mol. The number of nitrogens with two attached hydrogens (primary N) is 4. The molecule has 48 heteroatoms. The number of carboxylic acids is 1. The van der Waals surface area contributed by atoms with E-state index in [9.17, 15) is 19.5 Å². The Bertz CT molecular complexity index is 6180. The van der Waals surface area contributed by atoms with Crippen molar-refractivity contribution in [3.05, 3.63) is 90.2 Å². The Balaban J connectivity index is 0.000000143. The first kappa shape index (κ1) is 105. The highest BCUT2D eigenvalue weighted by Gasteiger charge is 2.33. The smallest absolute Gasteiger partial charge is 0.410 e. The summed E-state index contributed by atoms with van der Waals surface area (Å²) in [6, 6.07) is 0. The molecule has 0 saturated carbocycles. The topological polar surface area (TPSA) is 539 Å². The molecule has 1 unspecified atom stereocenters. The van der Waals surface area contributed by atoms with E-state index in [1.807, 2.05) is 67.7 Å². The number of aliphatic hydroxyl groups is 3. The molecule has 3 atom stereocenters. The van der Waals surface area contributed by atoms with E-state index in [2.05, 4.69) is 112 Å². The lowest BCUT2D eigenvalue weighted by Crippen LogP contribution is -2.50. The number of piperazine rings is 3. The van der Waals surface area contributed by atoms with Crippen molar-refractivity contribution in [1.82, 2.24) is 110 Å². The number of nitrogen functional groups attached to an aromatic ring is 4. The number of morpholine rings is 4. The molecule has 8 aliphatic heterocycles. The molecule has 0 radical (unpaired) electrons. The number of rotatable bonds is 16. The molecule has 13 N–H and O–H groups in total. The number of anilines is 8. The number of hydrogen-bond acceptors (Lipinski definition) is 44. The van der Waals surface area contributed by atoms with E-state index in [1.54, 1.807) is 79.9 Å². The zero-order valence-electron chi connectivity index (χ0n) is 80.9. The molecular formula is C92H125BrN30O13S4. The quantitative estimate of drug-likeness (QED) is 0.0438. The van der Waals surface area contributed by atoms with Crippen LogP contribution in [0.2, 0.25) is 0 Å². The molecule has 20 rings (SSSR count). The third-order valence-electron chi connectivity index (χ3n) is 23.7. The van der Waals surface area contributed by atoms with Gasteiger partial charge in [0.05, 0.1) is 138 Å². The summed E-state index contributed by atoms with van der Waals surface area (Å²) in [6.45, 7) is 44.4. The summed E-state index contributed by atoms with van der Waals surface area (Å²) in [4.78, 5) is 127. The summed E-state index contributed by atoms with van der Waals surface area (Å²) in [5, 5.41) is 45.9. The number of nitrogens with zero attached hydrogens (tertiary/aromatic N) is 25. The first-order valence-electron chi connectivity index (χ1n) is 46.9. The fourth-order valence-corrected chi connectivity index (χ4v) is 20.8. The van der Waals surface area contributed by atoms with E-state index in [4.69, 9.17) is 107 Å². The highest BCUT2D eigenvalue weighted by Crippen LogP contribution is 2.42. The van der Waals surface area contributed by atoms with Crippen molar-refractivity contribution in [2.75, 3.05) is 233 Å². The van der Waals surface area contributed by atoms with Gasteiger partial charge in [0.25, 0.3) is 5.91 Å². The number of aliphatic carboxylic acids is 1. The second-order valence-electron chi connectivity index (χ2n) is 34.9. The minimum Gasteiger partial charge on any atom is -0.479 e. The van der Waals surface area contributed by atoms with Crippen LogP contribution in [0.25, 0.3) is 85.9 Å². The minimum absolute atomic E-state index is 0.209. The molecule has 0 spiro atoms. The van der Waals surface area contributed by atoms with Gasteiger partial charge in [-0.15, -0.1) is 45.3 Å². The molecule has 12 aromatic heterocycles. The van der Waals surface area contributed by atoms with Crippen LogP contribution in [-0.2, 0) is 57.6 Å². The maximum Gasteiger partial charge on any atom is 0.410 e. The molecule has 43 nitrogen and oxygen atoms in total. The summed E-state index contributed by atoms with van der Waals surface area (Å²) in [5.41, 5.74) is 40.0. The number of aryl methyl sites for hydroxylation is 4. The number of ether oxygens (including phenoxy) is 6. The minimum atomic E-state index is -1.23. The molecule has 2 amide bonds. The average molecular weight is 2070 g/mol. The van der Waals surface area contributed by atoms with Gasteiger partial charge in [-0.3, -0.25) is 19.5 Å². The number of nitrogens with one attached hydrogen (secondary N) is 1. The number of fused-ring (bicyclic) bond motifs is 4. The fraction of sp³-hybridized carbons (Fsp3) is 0.533. The Hall–Kier alpha value is -10.9. The lowest BCUT2D eigenvalue weighted by molar-refractivity contribution is -0.145. The van der Waals surface area contributed by atoms with Crippen LogP contribution in [0.5, 0.6) is 0 Å². The normalized spacial score (nSPS) is 17.8. The van der Waals surface area contributed by atoms with Crippen LogP contribution in [-0.4, -0.2) is 357 Å². The van der Waals surface area contributed by atoms with E-state index in [1.165, 1.54) is 19.4 Å². The predicted molar refractivity (Wildman–Crippen MR) is 547 cm³/mol. The van der Waals surface area contributed by atoms with Gasteiger partial charge >= 0.3 is 12.1 Å². The van der Waals surface area contributed by atoms with Gasteiger partial charge in [-0.05, 0) is 101 Å². The molecule has 20 heterocycles. The number of carbonyl (C=O) groups is 3. The standard InChI is InChI=1S/C25H34N8O3S.C23H30N8O3S.C20H26N8OS.C15H15BrN6OS.C4H8O2.C3H6O3.C2H6/c1-16-18(13-27-22(26)28-16)20-21-19(29-23(30-20)32-9-11-35-12-10-32)17(15-37-21)14-31-5-7-33(8-6-31)24(34)36-25(2,3)4;1-14-17(11-25-22(24)26-14)19-20-18(27-23(28-19)31-7-9-34-10-8-31)16(13-35-20)12-29-3-5-30(6-4-29)21(33)15(2)32;1-13-15(10-23-19(21)24-13)17-18-16(25-20(26-17)28-6-8-29-9-7-28)14(12-30-18)11-27-4-2-22-3-5-27;1-8-9(6-18-14(17)19-8)11-13-12(10(16)7-24-13)21-15(20-11)22-2-4-23-5-3-22;5-4-2-1-3-6-4;1-2(4)3(5)6;1-2/h13,15H,5-12,14H2,1-4H3,(H2,26,27,28);11,13,15,32H,3-10,12H2,1-2H3,(H2,24,25,26);10,12,22H,2-9,11H2,1H3,(H2,21,23,24);6-7H,2-5H2,1H3,(H2,17,18,19);4-5H,1-3H2;2,4H,1H3,(H,5,6);1-2H3/t;15-;;;;2-;/m.0...0./s1. The molecule has 8 aliphatic rings. The van der Waals surface area contributed by atoms with E-state index in [-0.39, 0.29) is 35.8 Å². The number of halogens is 1. The van der Waals surface area contributed by atoms with Gasteiger partial charge in [0.15, 0.2) is 6.29 Å². The van der Waals surface area contributed by atoms with Gasteiger partial charge in [0.2, 0.25) is 47.6 Å². The number of hydrogen-bond donors (Lipinski definition) is 9. The third-order valence-corrected chi connectivity index (χ3v) is 28.7. The molecule has 752 valence electrons. The summed E-state index contributed by atoms with van der Waals surface area (Å²) in [6.07, 6.45) is 5.93. The summed E-state index contributed by atoms with van der Waals surface area (Å²) < 4.78 is 37.3. The molecule has 140 heavy (non-hydrogen) atoms. The number of carbonyl (C=O) groups excluding carboxylic acids is 2. The molecular weight excluding hydrogens is 1940 g/mol. The maximum absolute atomic E-state index is 12.5. The third kappa shape index (κ3) is 27.1. The van der Waals surface area contributed by atoms with Gasteiger partial charge in [-0.2, -0.15) is 0 Å². The summed E-state index contributed by atoms with van der Waals surface area (Å²) in [7, 11) is 0. The highest BCUT2D eigenvalue weighted by molar-refractivity contribution is 9.10. The van der Waals surface area contributed by atoms with Crippen LogP contribution < -0.4 is 47.9 Å². The first-order valence-corrected chi connectivity index (χ1v) is 51.3. The van der Waals surface area contributed by atoms with Crippen molar-refractivity contribution in [2.24, 2.45) is 0 Å². The lowest BCUT2D eigenvalue weighted by Gasteiger charge is -2.35. The van der Waals surface area contributed by atoms with Gasteiger partial charge in [0, 0.05) is 233 Å². The molecule has 0 aliphatic carbocycles. The zero-order valence-corrected chi connectivity index (χ0v) is 85.7. The second kappa shape index (κ2) is 49.2. The predicted octanol–water partition coefficient (Wildman–Crippen LogP) is 8.34. The van der Waals surface area contributed by atoms with E-state index in [0.29, 0.717) is 96.9 Å². The van der Waals surface area contributed by atoms with Crippen LogP contribution in [0, 0.1) is 27.7 Å². The van der Waals surface area contributed by atoms with Crippen molar-refractivity contribution in [3.63, 3.8) is 0 Å². The van der Waals surface area contributed by atoms with Crippen LogP contribution in [0.15, 0.2) is 50.8 Å². The van der Waals surface area contributed by atoms with Crippen LogP contribution in [0.1, 0.15) is 101 Å². The van der Waals surface area contributed by atoms with Gasteiger partial charge < -0.3 is 106 Å². The van der Waals surface area contributed by atoms with E-state index < -0.39 is 30.1 Å². The van der Waals surface area contributed by atoms with Crippen molar-refractivity contribution < 1.29 is 63.2 Å². The van der Waals surface area contributed by atoms with Crippen molar-refractivity contribution in [1.29, 1.82) is 0 Å². The molecule has 8 fully saturated rings. The molecule has 0 bridgehead atoms. The number of aliphatic hydroxyl groups excluding tert-OH is 3. The SMILES string of the molecule is CC.C[C@H](O)C(=O)O.Cc1nc(N)ncc1-c1nc(N2CCOCC2)nc2c(Br)csc12.Cc1nc(N)ncc1-c1nc(N2CCOCC2)nc2c(CN3CCN(C(=O)OC(C)(C)C)CC3)csc12.Cc1nc(N)ncc1-c1nc(N2CCOCC2)nc2c(CN3CCN(C(=O)[C@H](C)O)CC3)csc12.Cc1nc(N)ncc1-c1nc(N2CCOCC2)nc2c(CN3CCNCC3)csc12.OC1CCCO1. The Labute approximate surface area is 836 Å². The second-order valence-corrected chi connectivity index (χ2v) is 39.3. The van der Waals surface area contributed by atoms with Gasteiger partial charge in [-0.1, -0.05) is 13.8 Å². The Kier molecular flexibility index (Phi) is 36.9. The number of thiophene rings is 4. The van der Waals surface area contributed by atoms with Crippen molar-refractivity contribution >= 4 is 168 Å². The largest absolute Gasteiger partial charge is 0.479 e. The van der Waals surface area contributed by atoms with E-state index >= 15 is 0 Å². The molecule has 8 saturated heterocycles. The maximum atomic E-state index is 12.5. The Morgan fingerprint density at radius 1 is 0.443 bits per heavy atom. The zero-order chi connectivity index (χ0) is 99.4. The number of carboxylic acid groups (broad SMARTS) is 1. The van der Waals surface area contributed by atoms with Gasteiger partial charge in [-0.25, -0.2) is 89.3 Å². The van der Waals surface area contributed by atoms with Crippen LogP contribution in [0.3, 0.4) is 0 Å². The Morgan fingerprint density at radius 3 is 1.02 bits per heavy atom. The average Bonchev–Trinajstić information content (AvgIpc) is 1.57. The summed E-state index contributed by atoms with van der Waals surface area (Å²) in [5.74, 6) is 2.46. The van der Waals surface area contributed by atoms with Gasteiger partial charge in [0.1, 0.15) is 23.3 Å². The lowest BCUT2D eigenvalue weighted by atomic mass is 10.1. The molecule has 12 aromatic rings. The summed E-state index contributed by atoms with van der Waals surface area (Å²) >= 11 is 10.1. The molecule has 0 aromatic carbocycles. The highest BCUT2D eigenvalue weighted by atomic mass is 79.9. The van der Waals surface area contributed by atoms with Crippen molar-refractivity contribution in [2.45, 2.75) is 133 Å². The van der Waals surface area contributed by atoms with Crippen LogP contribution >= 0.6 is 61.3 Å². The fourth-order valence-electron chi connectivity index (χ4n) is 16.3. The van der Waals surface area contributed by atoms with Crippen LogP contribution in [0.4, 0.5) is 52.4 Å². The van der Waals surface area contributed by atoms with E-state index in [0.717, 1.165) is 274 Å². The number of amides is 2. The Morgan fingerprint density at radius 2 is 0.743 bits per heavy atom. The number of aromatic nitrogens is 16. The first-order chi connectivity index (χ1) is 67.4. The van der Waals surface area contributed by atoms with Crippen molar-refractivity contribution in [3.8, 4) is 45.0 Å².